The molecule has 0 aliphatic carbocycles. The van der Waals surface area contributed by atoms with Crippen molar-refractivity contribution >= 4 is 29.5 Å². The molecule has 0 N–H and O–H groups in total. The molecule has 0 saturated heterocycles. The molecule has 0 fully saturated rings. The molecule has 1 heterocycles. The third-order valence-electron chi connectivity index (χ3n) is 3.48. The van der Waals surface area contributed by atoms with E-state index in [-0.39, 0.29) is 0 Å². The van der Waals surface area contributed by atoms with Crippen molar-refractivity contribution in [2.75, 3.05) is 7.05 Å². The third kappa shape index (κ3) is 3.77. The minimum atomic E-state index is 1.02. The number of nitrogens with zero attached hydrogens (tertiary/aromatic N) is 3. The molecule has 0 spiro atoms. The Morgan fingerprint density at radius 3 is 2.61 bits per heavy atom. The van der Waals surface area contributed by atoms with E-state index in [2.05, 4.69) is 51.4 Å². The fourth-order valence-electron chi connectivity index (χ4n) is 2.32. The lowest BCUT2D eigenvalue weighted by Crippen LogP contribution is -1.83. The van der Waals surface area contributed by atoms with Gasteiger partial charge in [-0.25, -0.2) is 4.99 Å². The Balaban J connectivity index is 1.80. The van der Waals surface area contributed by atoms with Gasteiger partial charge in [-0.15, -0.1) is 0 Å². The summed E-state index contributed by atoms with van der Waals surface area (Å²) >= 11 is 0. The Labute approximate surface area is 135 Å². The zero-order valence-corrected chi connectivity index (χ0v) is 12.9. The third-order valence-corrected chi connectivity index (χ3v) is 3.48. The van der Waals surface area contributed by atoms with Crippen LogP contribution in [0.25, 0.3) is 28.1 Å². The van der Waals surface area contributed by atoms with Crippen molar-refractivity contribution in [2.45, 2.75) is 0 Å². The molecule has 0 radical (unpaired) electrons. The van der Waals surface area contributed by atoms with Gasteiger partial charge >= 0.3 is 0 Å². The van der Waals surface area contributed by atoms with Gasteiger partial charge in [0.05, 0.1) is 5.52 Å². The number of allylic oxidation sites excluding steroid dienone is 1. The van der Waals surface area contributed by atoms with Crippen LogP contribution in [0.1, 0.15) is 5.56 Å². The maximum absolute atomic E-state index is 4.51. The van der Waals surface area contributed by atoms with Crippen LogP contribution in [0.4, 0.5) is 0 Å². The SMILES string of the molecule is CN=CN=C/C=C/c1ccc(-c2cnc3ccccc3c2)cc1. The van der Waals surface area contributed by atoms with E-state index in [1.807, 2.05) is 36.5 Å². The van der Waals surface area contributed by atoms with Gasteiger partial charge < -0.3 is 0 Å². The van der Waals surface area contributed by atoms with Gasteiger partial charge in [-0.2, -0.15) is 0 Å². The second-order valence-electron chi connectivity index (χ2n) is 5.07. The monoisotopic (exact) mass is 299 g/mol. The average molecular weight is 299 g/mol. The number of aliphatic imine (C=N–C) groups is 2. The summed E-state index contributed by atoms with van der Waals surface area (Å²) in [4.78, 5) is 12.3. The number of fused-ring (bicyclic) bond motifs is 1. The quantitative estimate of drug-likeness (QED) is 0.510. The molecule has 3 nitrogen and oxygen atoms in total. The van der Waals surface area contributed by atoms with Crippen molar-refractivity contribution in [3.05, 3.63) is 72.4 Å². The van der Waals surface area contributed by atoms with Gasteiger partial charge in [0.1, 0.15) is 6.34 Å². The number of benzene rings is 2. The lowest BCUT2D eigenvalue weighted by Gasteiger charge is -2.04. The Hall–Kier alpha value is -3.07. The molecule has 2 aromatic carbocycles. The van der Waals surface area contributed by atoms with Crippen LogP contribution in [-0.2, 0) is 0 Å². The zero-order valence-electron chi connectivity index (χ0n) is 12.9. The number of aromatic nitrogens is 1. The standard InChI is InChI=1S/C20H17N3/c1-21-15-22-12-4-5-16-8-10-17(11-9-16)19-13-18-6-2-3-7-20(18)23-14-19/h2-15H,1H3/b5-4+,21-15?,22-12?. The molecule has 0 saturated carbocycles. The predicted octanol–water partition coefficient (Wildman–Crippen LogP) is 4.64. The van der Waals surface area contributed by atoms with Crippen LogP contribution in [0.2, 0.25) is 0 Å². The van der Waals surface area contributed by atoms with Crippen LogP contribution >= 0.6 is 0 Å². The molecular weight excluding hydrogens is 282 g/mol. The number of para-hydroxylation sites is 1. The second-order valence-corrected chi connectivity index (χ2v) is 5.07. The Kier molecular flexibility index (Phi) is 4.69. The van der Waals surface area contributed by atoms with Crippen LogP contribution in [0, 0.1) is 0 Å². The molecule has 3 heteroatoms. The van der Waals surface area contributed by atoms with E-state index < -0.39 is 0 Å². The van der Waals surface area contributed by atoms with E-state index in [4.69, 9.17) is 0 Å². The fraction of sp³-hybridized carbons (Fsp3) is 0.0500. The first-order valence-electron chi connectivity index (χ1n) is 7.42. The van der Waals surface area contributed by atoms with E-state index in [0.29, 0.717) is 0 Å². The summed E-state index contributed by atoms with van der Waals surface area (Å²) < 4.78 is 0. The highest BCUT2D eigenvalue weighted by atomic mass is 14.8. The first kappa shape index (κ1) is 14.9. The smallest absolute Gasteiger partial charge is 0.109 e. The maximum Gasteiger partial charge on any atom is 0.109 e. The Morgan fingerprint density at radius 1 is 0.957 bits per heavy atom. The molecule has 3 aromatic rings. The average Bonchev–Trinajstić information content (AvgIpc) is 2.62. The van der Waals surface area contributed by atoms with Gasteiger partial charge in [-0.05, 0) is 29.3 Å². The summed E-state index contributed by atoms with van der Waals surface area (Å²) in [6, 6.07) is 18.7. The van der Waals surface area contributed by atoms with E-state index in [1.54, 1.807) is 13.3 Å². The first-order valence-corrected chi connectivity index (χ1v) is 7.42. The number of rotatable bonds is 4. The van der Waals surface area contributed by atoms with Gasteiger partial charge in [0.15, 0.2) is 0 Å². The summed E-state index contributed by atoms with van der Waals surface area (Å²) in [5.41, 5.74) is 4.43. The number of hydrogen-bond donors (Lipinski definition) is 0. The molecule has 23 heavy (non-hydrogen) atoms. The van der Waals surface area contributed by atoms with Crippen molar-refractivity contribution < 1.29 is 0 Å². The number of hydrogen-bond acceptors (Lipinski definition) is 2. The summed E-state index contributed by atoms with van der Waals surface area (Å²) in [6.45, 7) is 0. The largest absolute Gasteiger partial charge is 0.277 e. The van der Waals surface area contributed by atoms with Crippen LogP contribution < -0.4 is 0 Å². The minimum absolute atomic E-state index is 1.02. The molecule has 0 unspecified atom stereocenters. The molecule has 0 bridgehead atoms. The summed E-state index contributed by atoms with van der Waals surface area (Å²) in [5, 5.41) is 1.16. The van der Waals surface area contributed by atoms with Crippen LogP contribution in [0.5, 0.6) is 0 Å². The minimum Gasteiger partial charge on any atom is -0.277 e. The predicted molar refractivity (Wildman–Crippen MR) is 99.1 cm³/mol. The summed E-state index contributed by atoms with van der Waals surface area (Å²) in [5.74, 6) is 0. The van der Waals surface area contributed by atoms with E-state index in [9.17, 15) is 0 Å². The van der Waals surface area contributed by atoms with Crippen molar-refractivity contribution in [3.63, 3.8) is 0 Å². The summed E-state index contributed by atoms with van der Waals surface area (Å²) in [7, 11) is 1.70. The maximum atomic E-state index is 4.51. The van der Waals surface area contributed by atoms with E-state index in [0.717, 1.165) is 27.6 Å². The highest BCUT2D eigenvalue weighted by Gasteiger charge is 2.00. The molecule has 0 aliphatic rings. The lowest BCUT2D eigenvalue weighted by atomic mass is 10.0. The molecule has 1 aromatic heterocycles. The highest BCUT2D eigenvalue weighted by molar-refractivity contribution is 5.85. The molecular formula is C20H17N3. The zero-order chi connectivity index (χ0) is 15.9. The van der Waals surface area contributed by atoms with Crippen molar-refractivity contribution in [2.24, 2.45) is 9.98 Å². The van der Waals surface area contributed by atoms with Crippen molar-refractivity contribution in [1.82, 2.24) is 4.98 Å². The van der Waals surface area contributed by atoms with E-state index >= 15 is 0 Å². The van der Waals surface area contributed by atoms with Gasteiger partial charge in [-0.1, -0.05) is 48.5 Å². The highest BCUT2D eigenvalue weighted by Crippen LogP contribution is 2.23. The molecule has 0 aliphatic heterocycles. The lowest BCUT2D eigenvalue weighted by molar-refractivity contribution is 1.41. The van der Waals surface area contributed by atoms with Gasteiger partial charge in [0.2, 0.25) is 0 Å². The van der Waals surface area contributed by atoms with Gasteiger partial charge in [0.25, 0.3) is 0 Å². The second kappa shape index (κ2) is 7.27. The van der Waals surface area contributed by atoms with Crippen LogP contribution in [0.15, 0.2) is 76.9 Å². The molecule has 3 rings (SSSR count). The Bertz CT molecular complexity index is 875. The summed E-state index contributed by atoms with van der Waals surface area (Å²) in [6.07, 6.45) is 9.06. The molecule has 112 valence electrons. The van der Waals surface area contributed by atoms with Crippen LogP contribution in [0.3, 0.4) is 0 Å². The van der Waals surface area contributed by atoms with Crippen molar-refractivity contribution in [3.8, 4) is 11.1 Å². The number of pyridine rings is 1. The fourth-order valence-corrected chi connectivity index (χ4v) is 2.32. The van der Waals surface area contributed by atoms with Crippen LogP contribution in [-0.4, -0.2) is 24.6 Å². The van der Waals surface area contributed by atoms with E-state index in [1.165, 1.54) is 6.34 Å². The van der Waals surface area contributed by atoms with Gasteiger partial charge in [-0.3, -0.25) is 9.98 Å². The topological polar surface area (TPSA) is 37.6 Å². The normalized spacial score (nSPS) is 12.0. The Morgan fingerprint density at radius 2 is 1.78 bits per heavy atom. The molecule has 0 amide bonds. The first-order chi connectivity index (χ1) is 11.4. The molecule has 0 atom stereocenters. The van der Waals surface area contributed by atoms with Crippen molar-refractivity contribution in [1.29, 1.82) is 0 Å². The van der Waals surface area contributed by atoms with Gasteiger partial charge in [0, 0.05) is 30.4 Å².